The van der Waals surface area contributed by atoms with Gasteiger partial charge in [0, 0.05) is 36.8 Å². The molecule has 0 bridgehead atoms. The number of ether oxygens (including phenoxy) is 2. The fourth-order valence-electron chi connectivity index (χ4n) is 11.0. The van der Waals surface area contributed by atoms with E-state index in [1.165, 1.54) is 5.56 Å². The minimum atomic E-state index is -1.71. The zero-order chi connectivity index (χ0) is 35.9. The third-order valence-electron chi connectivity index (χ3n) is 14.0. The summed E-state index contributed by atoms with van der Waals surface area (Å²) in [5, 5.41) is 26.6. The van der Waals surface area contributed by atoms with Gasteiger partial charge in [-0.15, -0.1) is 0 Å². The van der Waals surface area contributed by atoms with Gasteiger partial charge in [-0.3, -0.25) is 19.2 Å². The lowest BCUT2D eigenvalue weighted by Crippen LogP contribution is -2.62. The summed E-state index contributed by atoms with van der Waals surface area (Å²) in [7, 11) is 0. The van der Waals surface area contributed by atoms with E-state index in [1.54, 1.807) is 6.08 Å². The van der Waals surface area contributed by atoms with Crippen molar-refractivity contribution in [1.82, 2.24) is 5.32 Å². The van der Waals surface area contributed by atoms with Gasteiger partial charge in [0.05, 0.1) is 18.6 Å². The Bertz CT molecular complexity index is 1490. The number of benzene rings is 1. The van der Waals surface area contributed by atoms with Gasteiger partial charge >= 0.3 is 5.97 Å². The van der Waals surface area contributed by atoms with Crippen LogP contribution in [-0.4, -0.2) is 71.2 Å². The summed E-state index contributed by atoms with van der Waals surface area (Å²) in [5.41, 5.74) is -0.529. The number of carbonyl (C=O) groups is 4. The lowest BCUT2D eigenvalue weighted by Gasteiger charge is -2.60. The Balaban J connectivity index is 0.996. The van der Waals surface area contributed by atoms with E-state index >= 15 is 0 Å². The van der Waals surface area contributed by atoms with E-state index in [0.29, 0.717) is 31.9 Å². The Morgan fingerprint density at radius 2 is 1.78 bits per heavy atom. The third-order valence-corrected chi connectivity index (χ3v) is 14.0. The Kier molecular flexibility index (Phi) is 10.5. The van der Waals surface area contributed by atoms with Gasteiger partial charge < -0.3 is 25.0 Å². The van der Waals surface area contributed by atoms with E-state index in [1.807, 2.05) is 13.0 Å². The average Bonchev–Trinajstić information content (AvgIpc) is 3.37. The third kappa shape index (κ3) is 6.63. The van der Waals surface area contributed by atoms with Crippen LogP contribution in [0.5, 0.6) is 0 Å². The van der Waals surface area contributed by atoms with Crippen molar-refractivity contribution < 1.29 is 38.9 Å². The highest BCUT2D eigenvalue weighted by atomic mass is 16.5. The summed E-state index contributed by atoms with van der Waals surface area (Å²) in [5.74, 6) is -0.747. The number of nitrogens with one attached hydrogen (secondary N) is 1. The highest BCUT2D eigenvalue weighted by Crippen LogP contribution is 2.67. The molecule has 1 amide bonds. The minimum Gasteiger partial charge on any atom is -0.458 e. The molecule has 1 heterocycles. The molecule has 9 heteroatoms. The first-order valence-corrected chi connectivity index (χ1v) is 19.0. The number of aliphatic hydroxyl groups excluding tert-OH is 1. The highest BCUT2D eigenvalue weighted by Gasteiger charge is 2.68. The molecule has 0 radical (unpaired) electrons. The summed E-state index contributed by atoms with van der Waals surface area (Å²) in [6.07, 6.45) is 7.56. The van der Waals surface area contributed by atoms with E-state index in [4.69, 9.17) is 9.47 Å². The van der Waals surface area contributed by atoms with Crippen LogP contribution in [0.25, 0.3) is 0 Å². The molecule has 4 aliphatic carbocycles. The van der Waals surface area contributed by atoms with Crippen molar-refractivity contribution in [1.29, 1.82) is 0 Å². The molecule has 0 spiro atoms. The van der Waals surface area contributed by atoms with Crippen molar-refractivity contribution in [2.75, 3.05) is 19.8 Å². The molecule has 9 nitrogen and oxygen atoms in total. The van der Waals surface area contributed by atoms with E-state index in [2.05, 4.69) is 50.4 Å². The van der Waals surface area contributed by atoms with Crippen molar-refractivity contribution in [2.45, 2.75) is 128 Å². The largest absolute Gasteiger partial charge is 0.458 e. The smallest absolute Gasteiger partial charge is 0.306 e. The molecule has 5 aliphatic rings. The summed E-state index contributed by atoms with van der Waals surface area (Å²) in [6, 6.07) is 10.4. The van der Waals surface area contributed by atoms with Crippen LogP contribution in [0, 0.1) is 34.5 Å². The average molecular weight is 692 g/mol. The number of allylic oxidation sites excluding steroid dienone is 1. The number of esters is 1. The maximum Gasteiger partial charge on any atom is 0.306 e. The molecule has 1 aromatic rings. The number of ketones is 2. The van der Waals surface area contributed by atoms with E-state index in [0.717, 1.165) is 44.1 Å². The number of carbonyl (C=O) groups excluding carboxylic acids is 4. The number of rotatable bonds is 11. The Hall–Kier alpha value is -2.88. The number of hydrogen-bond donors (Lipinski definition) is 3. The lowest BCUT2D eigenvalue weighted by molar-refractivity contribution is -0.184. The van der Waals surface area contributed by atoms with Gasteiger partial charge in [-0.25, -0.2) is 0 Å². The number of fused-ring (bicyclic) bond motifs is 5. The zero-order valence-corrected chi connectivity index (χ0v) is 30.4. The molecule has 3 saturated carbocycles. The number of Topliss-reactive ketones (excluding diaryl/α,β-unsaturated/α-hetero) is 1. The second-order valence-electron chi connectivity index (χ2n) is 16.9. The van der Waals surface area contributed by atoms with Crippen LogP contribution in [0.2, 0.25) is 0 Å². The molecule has 3 N–H and O–H groups in total. The highest BCUT2D eigenvalue weighted by molar-refractivity contribution is 5.92. The van der Waals surface area contributed by atoms with Gasteiger partial charge in [-0.2, -0.15) is 0 Å². The van der Waals surface area contributed by atoms with Gasteiger partial charge in [-0.1, -0.05) is 63.6 Å². The topological polar surface area (TPSA) is 139 Å². The standard InChI is InChI=1S/C41H57NO8/c1-26(2)33-24-40(19-21-49-33,27-8-6-5-7-9-27)18-20-42-35(46)12-13-36(47)50-25-34(45)41(48)17-15-31-30-11-10-28-22-29(43)14-16-38(28,3)37(30)32(44)23-39(31,41)4/h5-9,22,26,30-33,37,44,48H,10-21,23-25H2,1-4H3,(H,42,46). The van der Waals surface area contributed by atoms with Gasteiger partial charge in [0.15, 0.2) is 12.4 Å². The van der Waals surface area contributed by atoms with Crippen molar-refractivity contribution in [3.8, 4) is 0 Å². The van der Waals surface area contributed by atoms with E-state index in [9.17, 15) is 29.4 Å². The zero-order valence-electron chi connectivity index (χ0n) is 30.4. The fraction of sp³-hybridized carbons (Fsp3) is 0.707. The van der Waals surface area contributed by atoms with Crippen LogP contribution in [0.1, 0.15) is 110 Å². The molecule has 0 aromatic heterocycles. The molecule has 274 valence electrons. The molecule has 50 heavy (non-hydrogen) atoms. The molecule has 9 atom stereocenters. The lowest BCUT2D eigenvalue weighted by atomic mass is 9.45. The monoisotopic (exact) mass is 691 g/mol. The van der Waals surface area contributed by atoms with Gasteiger partial charge in [0.1, 0.15) is 5.60 Å². The van der Waals surface area contributed by atoms with Crippen LogP contribution >= 0.6 is 0 Å². The van der Waals surface area contributed by atoms with Crippen LogP contribution < -0.4 is 5.32 Å². The van der Waals surface area contributed by atoms with Gasteiger partial charge in [-0.05, 0) is 98.5 Å². The summed E-state index contributed by atoms with van der Waals surface area (Å²) in [4.78, 5) is 51.3. The first kappa shape index (κ1) is 36.9. The predicted octanol–water partition coefficient (Wildman–Crippen LogP) is 5.39. The first-order valence-electron chi connectivity index (χ1n) is 19.0. The van der Waals surface area contributed by atoms with Crippen LogP contribution in [0.4, 0.5) is 0 Å². The Labute approximate surface area is 296 Å². The molecule has 4 fully saturated rings. The fourth-order valence-corrected chi connectivity index (χ4v) is 11.0. The van der Waals surface area contributed by atoms with Gasteiger partial charge in [0.25, 0.3) is 0 Å². The van der Waals surface area contributed by atoms with Crippen molar-refractivity contribution in [3.63, 3.8) is 0 Å². The summed E-state index contributed by atoms with van der Waals surface area (Å²) >= 11 is 0. The van der Waals surface area contributed by atoms with Crippen molar-refractivity contribution in [2.24, 2.45) is 34.5 Å². The molecular formula is C41H57NO8. The number of aliphatic hydroxyl groups is 2. The summed E-state index contributed by atoms with van der Waals surface area (Å²) in [6.45, 7) is 9.02. The van der Waals surface area contributed by atoms with E-state index in [-0.39, 0.29) is 72.1 Å². The number of hydrogen-bond acceptors (Lipinski definition) is 8. The van der Waals surface area contributed by atoms with Gasteiger partial charge in [0.2, 0.25) is 11.7 Å². The van der Waals surface area contributed by atoms with E-state index < -0.39 is 35.5 Å². The quantitative estimate of drug-likeness (QED) is 0.263. The second kappa shape index (κ2) is 14.3. The molecule has 1 saturated heterocycles. The molecule has 6 rings (SSSR count). The molecular weight excluding hydrogens is 634 g/mol. The number of amides is 1. The molecule has 9 unspecified atom stereocenters. The molecule has 1 aliphatic heterocycles. The SMILES string of the molecule is CC(C)C1CC(CCNC(=O)CCC(=O)OCC(=O)C2(O)CCC3C4CCC5=CC(=O)CCC5(C)C4C(O)CC32C)(c2ccccc2)CCO1. The second-order valence-corrected chi connectivity index (χ2v) is 16.9. The molecule has 1 aromatic carbocycles. The maximum absolute atomic E-state index is 13.6. The first-order chi connectivity index (χ1) is 23.7. The predicted molar refractivity (Wildman–Crippen MR) is 188 cm³/mol. The van der Waals surface area contributed by atoms with Crippen molar-refractivity contribution >= 4 is 23.4 Å². The Morgan fingerprint density at radius 3 is 2.52 bits per heavy atom. The van der Waals surface area contributed by atoms with Crippen molar-refractivity contribution in [3.05, 3.63) is 47.5 Å². The van der Waals surface area contributed by atoms with Crippen LogP contribution in [-0.2, 0) is 34.1 Å². The van der Waals surface area contributed by atoms with Crippen LogP contribution in [0.3, 0.4) is 0 Å². The normalized spacial score (nSPS) is 38.0. The summed E-state index contributed by atoms with van der Waals surface area (Å²) < 4.78 is 11.4. The van der Waals surface area contributed by atoms with Crippen LogP contribution in [0.15, 0.2) is 42.0 Å². The maximum atomic E-state index is 13.6. The Morgan fingerprint density at radius 1 is 1.02 bits per heavy atom. The minimum absolute atomic E-state index is 0.0207.